The third-order valence-electron chi connectivity index (χ3n) is 3.43. The van der Waals surface area contributed by atoms with Crippen molar-refractivity contribution >= 4 is 15.9 Å². The number of rotatable bonds is 5. The van der Waals surface area contributed by atoms with Crippen LogP contribution in [0.4, 0.5) is 0 Å². The summed E-state index contributed by atoms with van der Waals surface area (Å²) in [5, 5.41) is 0. The van der Waals surface area contributed by atoms with Gasteiger partial charge in [-0.1, -0.05) is 58.4 Å². The minimum Gasteiger partial charge on any atom is -0.324 e. The monoisotopic (exact) mass is 317 g/mol. The van der Waals surface area contributed by atoms with Crippen LogP contribution in [0.2, 0.25) is 0 Å². The standard InChI is InChI=1S/C17H20BrN/c1-13-12-15(10-11-16(13)18)17(19)9-5-8-14-6-3-2-4-7-14/h2-4,6-7,10-12,17H,5,8-9,19H2,1H3. The number of hydrogen-bond acceptors (Lipinski definition) is 1. The lowest BCUT2D eigenvalue weighted by Gasteiger charge is -2.13. The van der Waals surface area contributed by atoms with Gasteiger partial charge in [0.05, 0.1) is 0 Å². The highest BCUT2D eigenvalue weighted by molar-refractivity contribution is 9.10. The summed E-state index contributed by atoms with van der Waals surface area (Å²) in [5.41, 5.74) is 10.1. The van der Waals surface area contributed by atoms with Gasteiger partial charge in [-0.25, -0.2) is 0 Å². The fourth-order valence-electron chi connectivity index (χ4n) is 2.24. The Kier molecular flexibility index (Phi) is 5.17. The molecule has 0 aliphatic carbocycles. The lowest BCUT2D eigenvalue weighted by molar-refractivity contribution is 0.611. The maximum absolute atomic E-state index is 6.26. The first kappa shape index (κ1) is 14.3. The third kappa shape index (κ3) is 4.19. The lowest BCUT2D eigenvalue weighted by Crippen LogP contribution is -2.10. The fraction of sp³-hybridized carbons (Fsp3) is 0.294. The van der Waals surface area contributed by atoms with E-state index in [4.69, 9.17) is 5.73 Å². The van der Waals surface area contributed by atoms with Crippen LogP contribution in [0.15, 0.2) is 53.0 Å². The van der Waals surface area contributed by atoms with Crippen LogP contribution in [-0.2, 0) is 6.42 Å². The third-order valence-corrected chi connectivity index (χ3v) is 4.32. The van der Waals surface area contributed by atoms with Gasteiger partial charge in [0.15, 0.2) is 0 Å². The highest BCUT2D eigenvalue weighted by Crippen LogP contribution is 2.23. The highest BCUT2D eigenvalue weighted by Gasteiger charge is 2.07. The molecule has 1 atom stereocenters. The molecule has 19 heavy (non-hydrogen) atoms. The topological polar surface area (TPSA) is 26.0 Å². The van der Waals surface area contributed by atoms with Crippen molar-refractivity contribution < 1.29 is 0 Å². The van der Waals surface area contributed by atoms with Crippen LogP contribution >= 0.6 is 15.9 Å². The Balaban J connectivity index is 1.87. The summed E-state index contributed by atoms with van der Waals surface area (Å²) >= 11 is 3.52. The predicted octanol–water partition coefficient (Wildman–Crippen LogP) is 4.78. The molecular formula is C17H20BrN. The molecular weight excluding hydrogens is 298 g/mol. The van der Waals surface area contributed by atoms with Crippen molar-refractivity contribution in [1.82, 2.24) is 0 Å². The number of nitrogens with two attached hydrogens (primary N) is 1. The van der Waals surface area contributed by atoms with Crippen molar-refractivity contribution in [2.45, 2.75) is 32.2 Å². The van der Waals surface area contributed by atoms with Crippen molar-refractivity contribution in [3.63, 3.8) is 0 Å². The molecule has 0 saturated heterocycles. The van der Waals surface area contributed by atoms with Crippen LogP contribution in [0.25, 0.3) is 0 Å². The van der Waals surface area contributed by atoms with E-state index in [0.717, 1.165) is 23.7 Å². The number of aryl methyl sites for hydroxylation is 2. The van der Waals surface area contributed by atoms with Gasteiger partial charge in [-0.2, -0.15) is 0 Å². The second kappa shape index (κ2) is 6.88. The molecule has 2 heteroatoms. The Morgan fingerprint density at radius 3 is 2.53 bits per heavy atom. The van der Waals surface area contributed by atoms with E-state index in [1.807, 2.05) is 0 Å². The van der Waals surface area contributed by atoms with Gasteiger partial charge in [0.1, 0.15) is 0 Å². The van der Waals surface area contributed by atoms with Gasteiger partial charge in [-0.3, -0.25) is 0 Å². The number of halogens is 1. The van der Waals surface area contributed by atoms with E-state index < -0.39 is 0 Å². The van der Waals surface area contributed by atoms with Gasteiger partial charge in [-0.15, -0.1) is 0 Å². The fourth-order valence-corrected chi connectivity index (χ4v) is 2.48. The molecule has 2 aromatic carbocycles. The van der Waals surface area contributed by atoms with E-state index in [2.05, 4.69) is 71.4 Å². The molecule has 1 nitrogen and oxygen atoms in total. The molecule has 0 heterocycles. The summed E-state index contributed by atoms with van der Waals surface area (Å²) in [5.74, 6) is 0. The SMILES string of the molecule is Cc1cc(C(N)CCCc2ccccc2)ccc1Br. The minimum atomic E-state index is 0.135. The smallest absolute Gasteiger partial charge is 0.0295 e. The predicted molar refractivity (Wildman–Crippen MR) is 85.2 cm³/mol. The average Bonchev–Trinajstić information content (AvgIpc) is 2.43. The summed E-state index contributed by atoms with van der Waals surface area (Å²) in [7, 11) is 0. The van der Waals surface area contributed by atoms with E-state index >= 15 is 0 Å². The van der Waals surface area contributed by atoms with E-state index in [-0.39, 0.29) is 6.04 Å². The van der Waals surface area contributed by atoms with Gasteiger partial charge in [0.2, 0.25) is 0 Å². The Morgan fingerprint density at radius 1 is 1.11 bits per heavy atom. The zero-order chi connectivity index (χ0) is 13.7. The summed E-state index contributed by atoms with van der Waals surface area (Å²) in [4.78, 5) is 0. The van der Waals surface area contributed by atoms with Crippen LogP contribution in [-0.4, -0.2) is 0 Å². The first-order chi connectivity index (χ1) is 9.16. The summed E-state index contributed by atoms with van der Waals surface area (Å²) in [6.07, 6.45) is 3.25. The van der Waals surface area contributed by atoms with Gasteiger partial charge < -0.3 is 5.73 Å². The Labute approximate surface area is 124 Å². The van der Waals surface area contributed by atoms with Crippen molar-refractivity contribution in [1.29, 1.82) is 0 Å². The molecule has 0 aliphatic heterocycles. The van der Waals surface area contributed by atoms with E-state index in [9.17, 15) is 0 Å². The molecule has 0 saturated carbocycles. The highest BCUT2D eigenvalue weighted by atomic mass is 79.9. The molecule has 0 spiro atoms. The summed E-state index contributed by atoms with van der Waals surface area (Å²) < 4.78 is 1.15. The molecule has 0 amide bonds. The molecule has 100 valence electrons. The van der Waals surface area contributed by atoms with E-state index in [0.29, 0.717) is 0 Å². The Bertz CT molecular complexity index is 522. The van der Waals surface area contributed by atoms with Crippen molar-refractivity contribution in [2.75, 3.05) is 0 Å². The maximum atomic E-state index is 6.26. The Morgan fingerprint density at radius 2 is 1.84 bits per heavy atom. The summed E-state index contributed by atoms with van der Waals surface area (Å²) in [6.45, 7) is 2.10. The van der Waals surface area contributed by atoms with Crippen LogP contribution in [0.1, 0.15) is 35.6 Å². The molecule has 0 fully saturated rings. The maximum Gasteiger partial charge on any atom is 0.0295 e. The number of hydrogen-bond donors (Lipinski definition) is 1. The first-order valence-electron chi connectivity index (χ1n) is 6.72. The van der Waals surface area contributed by atoms with Crippen LogP contribution in [0.5, 0.6) is 0 Å². The second-order valence-corrected chi connectivity index (χ2v) is 5.85. The van der Waals surface area contributed by atoms with Gasteiger partial charge >= 0.3 is 0 Å². The molecule has 0 bridgehead atoms. The average molecular weight is 318 g/mol. The lowest BCUT2D eigenvalue weighted by atomic mass is 9.98. The van der Waals surface area contributed by atoms with Crippen molar-refractivity contribution in [2.24, 2.45) is 5.73 Å². The van der Waals surface area contributed by atoms with Gasteiger partial charge in [0, 0.05) is 10.5 Å². The molecule has 2 rings (SSSR count). The molecule has 2 N–H and O–H groups in total. The van der Waals surface area contributed by atoms with Crippen LogP contribution in [0, 0.1) is 6.92 Å². The normalized spacial score (nSPS) is 12.4. The molecule has 1 unspecified atom stereocenters. The second-order valence-electron chi connectivity index (χ2n) is 4.99. The zero-order valence-corrected chi connectivity index (χ0v) is 12.9. The minimum absolute atomic E-state index is 0.135. The van der Waals surface area contributed by atoms with E-state index in [1.165, 1.54) is 16.7 Å². The van der Waals surface area contributed by atoms with Crippen LogP contribution < -0.4 is 5.73 Å². The molecule has 0 radical (unpaired) electrons. The van der Waals surface area contributed by atoms with Crippen molar-refractivity contribution in [3.8, 4) is 0 Å². The summed E-state index contributed by atoms with van der Waals surface area (Å²) in [6, 6.07) is 17.1. The Hall–Kier alpha value is -1.12. The van der Waals surface area contributed by atoms with Crippen molar-refractivity contribution in [3.05, 3.63) is 69.7 Å². The van der Waals surface area contributed by atoms with Gasteiger partial charge in [0.25, 0.3) is 0 Å². The van der Waals surface area contributed by atoms with E-state index in [1.54, 1.807) is 0 Å². The first-order valence-corrected chi connectivity index (χ1v) is 7.51. The molecule has 0 aliphatic rings. The zero-order valence-electron chi connectivity index (χ0n) is 11.3. The van der Waals surface area contributed by atoms with Gasteiger partial charge in [-0.05, 0) is 48.9 Å². The van der Waals surface area contributed by atoms with Crippen LogP contribution in [0.3, 0.4) is 0 Å². The number of benzene rings is 2. The largest absolute Gasteiger partial charge is 0.324 e. The molecule has 2 aromatic rings. The molecule has 0 aromatic heterocycles. The quantitative estimate of drug-likeness (QED) is 0.843.